The Labute approximate surface area is 158 Å². The van der Waals surface area contributed by atoms with Crippen LogP contribution < -0.4 is 11.0 Å². The van der Waals surface area contributed by atoms with E-state index in [4.69, 9.17) is 0 Å². The first-order valence-corrected chi connectivity index (χ1v) is 11.3. The maximum absolute atomic E-state index is 3.18. The van der Waals surface area contributed by atoms with Crippen molar-refractivity contribution < 1.29 is 0 Å². The molecule has 0 aliphatic carbocycles. The third kappa shape index (κ3) is 12.3. The average Bonchev–Trinajstić information content (AvgIpc) is 3.16. The molecule has 1 aliphatic rings. The van der Waals surface area contributed by atoms with Crippen LogP contribution in [-0.4, -0.2) is 11.1 Å². The van der Waals surface area contributed by atoms with Gasteiger partial charge >= 0.3 is 0 Å². The first-order valence-electron chi connectivity index (χ1n) is 11.3. The van der Waals surface area contributed by atoms with E-state index in [1.807, 2.05) is 6.20 Å². The Morgan fingerprint density at radius 3 is 1.56 bits per heavy atom. The second kappa shape index (κ2) is 16.8. The van der Waals surface area contributed by atoms with E-state index in [0.717, 1.165) is 0 Å². The third-order valence-corrected chi connectivity index (χ3v) is 5.52. The lowest BCUT2D eigenvalue weighted by molar-refractivity contribution is 0.179. The van der Waals surface area contributed by atoms with Crippen molar-refractivity contribution in [3.63, 3.8) is 0 Å². The molecule has 0 bridgehead atoms. The van der Waals surface area contributed by atoms with Gasteiger partial charge in [-0.25, -0.2) is 0 Å². The van der Waals surface area contributed by atoms with Gasteiger partial charge in [0.1, 0.15) is 0 Å². The topological polar surface area (TPSA) is 27.3 Å². The predicted octanol–water partition coefficient (Wildman–Crippen LogP) is 6.82. The molecule has 1 rings (SSSR count). The monoisotopic (exact) mass is 351 g/mol. The number of rotatable bonds is 18. The highest BCUT2D eigenvalue weighted by Gasteiger charge is 2.14. The summed E-state index contributed by atoms with van der Waals surface area (Å²) < 4.78 is 0. The molecule has 25 heavy (non-hydrogen) atoms. The van der Waals surface area contributed by atoms with E-state index in [9.17, 15) is 0 Å². The average molecular weight is 352 g/mol. The number of nitrogens with zero attached hydrogens (tertiary/aromatic N) is 1. The summed E-state index contributed by atoms with van der Waals surface area (Å²) in [7, 11) is 0. The van der Waals surface area contributed by atoms with Crippen molar-refractivity contribution in [2.45, 2.75) is 129 Å². The highest BCUT2D eigenvalue weighted by molar-refractivity contribution is 4.86. The normalized spacial score (nSPS) is 14.9. The Morgan fingerprint density at radius 1 is 0.680 bits per heavy atom. The fourth-order valence-electron chi connectivity index (χ4n) is 3.77. The summed E-state index contributed by atoms with van der Waals surface area (Å²) in [5.74, 6) is 0. The maximum atomic E-state index is 3.18. The largest absolute Gasteiger partial charge is 0.310 e. The van der Waals surface area contributed by atoms with Crippen molar-refractivity contribution in [1.29, 1.82) is 0 Å². The van der Waals surface area contributed by atoms with E-state index in [1.165, 1.54) is 109 Å². The van der Waals surface area contributed by atoms with Crippen molar-refractivity contribution in [2.24, 2.45) is 0 Å². The van der Waals surface area contributed by atoms with E-state index in [1.54, 1.807) is 0 Å². The summed E-state index contributed by atoms with van der Waals surface area (Å²) in [6.45, 7) is 4.58. The zero-order valence-corrected chi connectivity index (χ0v) is 17.2. The zero-order chi connectivity index (χ0) is 18.0. The molecule has 0 aromatic heterocycles. The first-order chi connectivity index (χ1) is 12.4. The van der Waals surface area contributed by atoms with Crippen LogP contribution in [0.15, 0.2) is 12.4 Å². The van der Waals surface area contributed by atoms with Crippen molar-refractivity contribution in [1.82, 2.24) is 16.0 Å². The van der Waals surface area contributed by atoms with Crippen molar-refractivity contribution >= 4 is 0 Å². The fraction of sp³-hybridized carbons (Fsp3) is 0.909. The molecule has 2 N–H and O–H groups in total. The summed E-state index contributed by atoms with van der Waals surface area (Å²) in [6.07, 6.45) is 28.2. The van der Waals surface area contributed by atoms with E-state index in [-0.39, 0.29) is 0 Å². The minimum Gasteiger partial charge on any atom is -0.310 e. The minimum absolute atomic E-state index is 0.633. The Kier molecular flexibility index (Phi) is 15.0. The Morgan fingerprint density at radius 2 is 1.16 bits per heavy atom. The maximum Gasteiger partial charge on any atom is 0.0463 e. The lowest BCUT2D eigenvalue weighted by Crippen LogP contribution is -2.42. The third-order valence-electron chi connectivity index (χ3n) is 5.52. The zero-order valence-electron chi connectivity index (χ0n) is 17.2. The first kappa shape index (κ1) is 22.3. The van der Waals surface area contributed by atoms with Gasteiger partial charge < -0.3 is 5.43 Å². The molecular formula is C22H45N3. The standard InChI is InChI=1S/C22H45N3/c1-3-5-6-7-8-9-10-11-12-13-14-15-16-17-18-19-22(4-2)25-21-20-23-24-25/h20-24H,3-19H2,1-2H3. The smallest absolute Gasteiger partial charge is 0.0463 e. The molecule has 1 atom stereocenters. The fourth-order valence-corrected chi connectivity index (χ4v) is 3.77. The molecule has 148 valence electrons. The summed E-state index contributed by atoms with van der Waals surface area (Å²) in [5, 5.41) is 2.21. The molecule has 0 aromatic carbocycles. The Balaban J connectivity index is 1.76. The van der Waals surface area contributed by atoms with Gasteiger partial charge in [-0.3, -0.25) is 5.01 Å². The molecule has 1 unspecified atom stereocenters. The summed E-state index contributed by atoms with van der Waals surface area (Å²) in [6, 6.07) is 0.633. The van der Waals surface area contributed by atoms with Crippen LogP contribution in [-0.2, 0) is 0 Å². The second-order valence-electron chi connectivity index (χ2n) is 7.78. The molecule has 1 heterocycles. The van der Waals surface area contributed by atoms with Crippen LogP contribution in [0.4, 0.5) is 0 Å². The minimum atomic E-state index is 0.633. The van der Waals surface area contributed by atoms with Gasteiger partial charge in [0.25, 0.3) is 0 Å². The van der Waals surface area contributed by atoms with Crippen molar-refractivity contribution in [3.8, 4) is 0 Å². The molecule has 1 aliphatic heterocycles. The van der Waals surface area contributed by atoms with Gasteiger partial charge in [-0.15, -0.1) is 5.53 Å². The van der Waals surface area contributed by atoms with E-state index in [2.05, 4.69) is 36.0 Å². The molecule has 0 radical (unpaired) electrons. The lowest BCUT2D eigenvalue weighted by Gasteiger charge is -2.26. The van der Waals surface area contributed by atoms with Gasteiger partial charge in [-0.05, 0) is 12.8 Å². The lowest BCUT2D eigenvalue weighted by atomic mass is 10.0. The highest BCUT2D eigenvalue weighted by atomic mass is 15.7. The number of hydrogen-bond acceptors (Lipinski definition) is 3. The molecular weight excluding hydrogens is 306 g/mol. The van der Waals surface area contributed by atoms with Crippen molar-refractivity contribution in [2.75, 3.05) is 0 Å². The van der Waals surface area contributed by atoms with Crippen molar-refractivity contribution in [3.05, 3.63) is 12.4 Å². The van der Waals surface area contributed by atoms with Gasteiger partial charge in [0, 0.05) is 18.4 Å². The van der Waals surface area contributed by atoms with E-state index in [0.29, 0.717) is 6.04 Å². The van der Waals surface area contributed by atoms with Crippen LogP contribution in [0.2, 0.25) is 0 Å². The Bertz CT molecular complexity index is 304. The second-order valence-corrected chi connectivity index (χ2v) is 7.78. The SMILES string of the molecule is CCCCCCCCCCCCCCCCCC(CC)N1C=CNN1. The van der Waals surface area contributed by atoms with E-state index < -0.39 is 0 Å². The molecule has 0 spiro atoms. The van der Waals surface area contributed by atoms with Crippen LogP contribution in [0.1, 0.15) is 123 Å². The molecule has 0 fully saturated rings. The number of nitrogens with one attached hydrogen (secondary N) is 2. The summed E-state index contributed by atoms with van der Waals surface area (Å²) >= 11 is 0. The Hall–Kier alpha value is -0.700. The molecule has 0 saturated carbocycles. The summed E-state index contributed by atoms with van der Waals surface area (Å²) in [5.41, 5.74) is 6.22. The number of hydrazine groups is 2. The van der Waals surface area contributed by atoms with Crippen LogP contribution in [0.3, 0.4) is 0 Å². The van der Waals surface area contributed by atoms with Crippen LogP contribution in [0.25, 0.3) is 0 Å². The molecule has 0 saturated heterocycles. The molecule has 3 heteroatoms. The summed E-state index contributed by atoms with van der Waals surface area (Å²) in [4.78, 5) is 0. The quantitative estimate of drug-likeness (QED) is 0.265. The number of unbranched alkanes of at least 4 members (excludes halogenated alkanes) is 14. The van der Waals surface area contributed by atoms with Crippen LogP contribution in [0.5, 0.6) is 0 Å². The van der Waals surface area contributed by atoms with Gasteiger partial charge in [0.15, 0.2) is 0 Å². The van der Waals surface area contributed by atoms with Gasteiger partial charge in [-0.2, -0.15) is 0 Å². The highest BCUT2D eigenvalue weighted by Crippen LogP contribution is 2.16. The predicted molar refractivity (Wildman–Crippen MR) is 111 cm³/mol. The van der Waals surface area contributed by atoms with Crippen LogP contribution >= 0.6 is 0 Å². The molecule has 0 aromatic rings. The van der Waals surface area contributed by atoms with Crippen LogP contribution in [0, 0.1) is 0 Å². The van der Waals surface area contributed by atoms with Gasteiger partial charge in [0.05, 0.1) is 0 Å². The van der Waals surface area contributed by atoms with Gasteiger partial charge in [0.2, 0.25) is 0 Å². The molecule has 3 nitrogen and oxygen atoms in total. The van der Waals surface area contributed by atoms with Gasteiger partial charge in [-0.1, -0.05) is 110 Å². The molecule has 0 amide bonds. The number of hydrogen-bond donors (Lipinski definition) is 2. The van der Waals surface area contributed by atoms with E-state index >= 15 is 0 Å².